The van der Waals surface area contributed by atoms with Gasteiger partial charge in [0.05, 0.1) is 11.4 Å². The molecular formula is C8H9N3. The van der Waals surface area contributed by atoms with Crippen molar-refractivity contribution < 1.29 is 0 Å². The Balaban J connectivity index is 2.67. The van der Waals surface area contributed by atoms with E-state index in [2.05, 4.69) is 16.0 Å². The van der Waals surface area contributed by atoms with Gasteiger partial charge in [0, 0.05) is 12.0 Å². The molecule has 56 valence electrons. The Morgan fingerprint density at radius 3 is 3.09 bits per heavy atom. The molecule has 1 aromatic rings. The monoisotopic (exact) mass is 147 g/mol. The molecular weight excluding hydrogens is 138 g/mol. The predicted molar refractivity (Wildman–Crippen MR) is 43.9 cm³/mol. The molecule has 11 heavy (non-hydrogen) atoms. The average Bonchev–Trinajstić information content (AvgIpc) is 2.34. The summed E-state index contributed by atoms with van der Waals surface area (Å²) in [4.78, 5) is 8.18. The Kier molecular flexibility index (Phi) is 1.18. The fourth-order valence-electron chi connectivity index (χ4n) is 1.33. The van der Waals surface area contributed by atoms with E-state index in [4.69, 9.17) is 5.73 Å². The summed E-state index contributed by atoms with van der Waals surface area (Å²) >= 11 is 0. The van der Waals surface area contributed by atoms with Crippen LogP contribution in [0.4, 0.5) is 5.95 Å². The summed E-state index contributed by atoms with van der Waals surface area (Å²) in [5.41, 5.74) is 8.64. The highest BCUT2D eigenvalue weighted by Crippen LogP contribution is 2.19. The molecule has 0 saturated heterocycles. The molecule has 1 aliphatic carbocycles. The summed E-state index contributed by atoms with van der Waals surface area (Å²) in [6, 6.07) is 0. The van der Waals surface area contributed by atoms with Crippen LogP contribution in [0.2, 0.25) is 0 Å². The van der Waals surface area contributed by atoms with Crippen molar-refractivity contribution >= 4 is 12.0 Å². The van der Waals surface area contributed by atoms with Crippen LogP contribution in [0.1, 0.15) is 17.0 Å². The smallest absolute Gasteiger partial charge is 0.220 e. The van der Waals surface area contributed by atoms with Gasteiger partial charge in [0.2, 0.25) is 5.95 Å². The lowest BCUT2D eigenvalue weighted by atomic mass is 10.2. The minimum absolute atomic E-state index is 0.380. The van der Waals surface area contributed by atoms with Gasteiger partial charge in [-0.2, -0.15) is 0 Å². The fourth-order valence-corrected chi connectivity index (χ4v) is 1.33. The van der Waals surface area contributed by atoms with Crippen molar-refractivity contribution in [3.63, 3.8) is 0 Å². The highest BCUT2D eigenvalue weighted by Gasteiger charge is 2.10. The highest BCUT2D eigenvalue weighted by atomic mass is 15.0. The second kappa shape index (κ2) is 2.05. The molecule has 2 rings (SSSR count). The van der Waals surface area contributed by atoms with Gasteiger partial charge in [-0.05, 0) is 6.92 Å². The maximum absolute atomic E-state index is 5.48. The second-order valence-corrected chi connectivity index (χ2v) is 2.63. The number of nitrogen functional groups attached to an aromatic ring is 1. The minimum Gasteiger partial charge on any atom is -0.368 e. The van der Waals surface area contributed by atoms with Gasteiger partial charge in [-0.15, -0.1) is 0 Å². The number of fused-ring (bicyclic) bond motifs is 1. The maximum atomic E-state index is 5.48. The molecule has 0 spiro atoms. The average molecular weight is 147 g/mol. The van der Waals surface area contributed by atoms with Crippen LogP contribution in [-0.2, 0) is 6.42 Å². The van der Waals surface area contributed by atoms with Crippen LogP contribution < -0.4 is 5.73 Å². The normalized spacial score (nSPS) is 13.5. The molecule has 0 unspecified atom stereocenters. The lowest BCUT2D eigenvalue weighted by Gasteiger charge is -2.01. The molecule has 0 radical (unpaired) electrons. The van der Waals surface area contributed by atoms with Gasteiger partial charge in [0.15, 0.2) is 0 Å². The van der Waals surface area contributed by atoms with Crippen molar-refractivity contribution in [1.82, 2.24) is 9.97 Å². The van der Waals surface area contributed by atoms with E-state index < -0.39 is 0 Å². The first-order valence-electron chi connectivity index (χ1n) is 3.57. The summed E-state index contributed by atoms with van der Waals surface area (Å²) in [5.74, 6) is 0.380. The molecule has 3 heteroatoms. The third-order valence-corrected chi connectivity index (χ3v) is 1.83. The number of hydrogen-bond acceptors (Lipinski definition) is 3. The zero-order valence-corrected chi connectivity index (χ0v) is 6.33. The second-order valence-electron chi connectivity index (χ2n) is 2.63. The van der Waals surface area contributed by atoms with Crippen molar-refractivity contribution in [1.29, 1.82) is 0 Å². The summed E-state index contributed by atoms with van der Waals surface area (Å²) in [5, 5.41) is 0. The van der Waals surface area contributed by atoms with E-state index in [0.29, 0.717) is 5.95 Å². The molecule has 0 aliphatic heterocycles. The molecule has 1 aromatic heterocycles. The van der Waals surface area contributed by atoms with E-state index in [1.807, 2.05) is 13.0 Å². The summed E-state index contributed by atoms with van der Waals surface area (Å²) < 4.78 is 0. The molecule has 3 nitrogen and oxygen atoms in total. The summed E-state index contributed by atoms with van der Waals surface area (Å²) in [6.45, 7) is 1.95. The Labute approximate surface area is 65.0 Å². The number of rotatable bonds is 0. The third kappa shape index (κ3) is 0.888. The van der Waals surface area contributed by atoms with Crippen molar-refractivity contribution in [3.8, 4) is 0 Å². The van der Waals surface area contributed by atoms with Crippen LogP contribution in [0.15, 0.2) is 6.08 Å². The van der Waals surface area contributed by atoms with Gasteiger partial charge in [-0.3, -0.25) is 0 Å². The number of aromatic nitrogens is 2. The Morgan fingerprint density at radius 2 is 2.27 bits per heavy atom. The quantitative estimate of drug-likeness (QED) is 0.594. The van der Waals surface area contributed by atoms with E-state index in [0.717, 1.165) is 23.4 Å². The molecule has 0 aromatic carbocycles. The first-order chi connectivity index (χ1) is 5.27. The van der Waals surface area contributed by atoms with Crippen LogP contribution in [0.25, 0.3) is 6.08 Å². The first-order valence-corrected chi connectivity index (χ1v) is 3.57. The third-order valence-electron chi connectivity index (χ3n) is 1.83. The summed E-state index contributed by atoms with van der Waals surface area (Å²) in [7, 11) is 0. The molecule has 0 saturated carbocycles. The number of allylic oxidation sites excluding steroid dienone is 1. The highest BCUT2D eigenvalue weighted by molar-refractivity contribution is 5.60. The van der Waals surface area contributed by atoms with Gasteiger partial charge in [0.1, 0.15) is 0 Å². The predicted octanol–water partition coefficient (Wildman–Crippen LogP) is 0.937. The van der Waals surface area contributed by atoms with Gasteiger partial charge in [-0.1, -0.05) is 12.2 Å². The van der Waals surface area contributed by atoms with Crippen LogP contribution in [-0.4, -0.2) is 9.97 Å². The van der Waals surface area contributed by atoms with E-state index in [1.54, 1.807) is 0 Å². The Bertz CT molecular complexity index is 328. The van der Waals surface area contributed by atoms with Crippen molar-refractivity contribution in [2.75, 3.05) is 5.73 Å². The van der Waals surface area contributed by atoms with Gasteiger partial charge >= 0.3 is 0 Å². The van der Waals surface area contributed by atoms with Crippen LogP contribution >= 0.6 is 0 Å². The molecule has 1 aliphatic rings. The lowest BCUT2D eigenvalue weighted by Crippen LogP contribution is -2.01. The van der Waals surface area contributed by atoms with E-state index in [9.17, 15) is 0 Å². The zero-order valence-electron chi connectivity index (χ0n) is 6.33. The zero-order chi connectivity index (χ0) is 7.84. The molecule has 1 heterocycles. The Hall–Kier alpha value is -1.38. The van der Waals surface area contributed by atoms with E-state index in [1.165, 1.54) is 0 Å². The van der Waals surface area contributed by atoms with Gasteiger partial charge in [0.25, 0.3) is 0 Å². The number of nitrogens with two attached hydrogens (primary N) is 1. The maximum Gasteiger partial charge on any atom is 0.220 e. The Morgan fingerprint density at radius 1 is 1.45 bits per heavy atom. The van der Waals surface area contributed by atoms with E-state index in [-0.39, 0.29) is 0 Å². The number of aryl methyl sites for hydroxylation is 1. The standard InChI is InChI=1S/C8H9N3/c1-5-6-3-2-4-7(6)11-8(9)10-5/h2-3H,4H2,1H3,(H2,9,10,11). The SMILES string of the molecule is Cc1nc(N)nc2c1C=CC2. The largest absolute Gasteiger partial charge is 0.368 e. The minimum atomic E-state index is 0.380. The number of hydrogen-bond donors (Lipinski definition) is 1. The number of anilines is 1. The molecule has 0 bridgehead atoms. The van der Waals surface area contributed by atoms with Crippen molar-refractivity contribution in [2.24, 2.45) is 0 Å². The molecule has 0 amide bonds. The van der Waals surface area contributed by atoms with Crippen LogP contribution in [0, 0.1) is 6.92 Å². The van der Waals surface area contributed by atoms with Crippen LogP contribution in [0.3, 0.4) is 0 Å². The van der Waals surface area contributed by atoms with E-state index >= 15 is 0 Å². The summed E-state index contributed by atoms with van der Waals surface area (Å²) in [6.07, 6.45) is 5.01. The molecule has 0 fully saturated rings. The van der Waals surface area contributed by atoms with Crippen molar-refractivity contribution in [3.05, 3.63) is 23.0 Å². The molecule has 0 atom stereocenters. The van der Waals surface area contributed by atoms with Gasteiger partial charge in [-0.25, -0.2) is 9.97 Å². The number of nitrogens with zero attached hydrogens (tertiary/aromatic N) is 2. The topological polar surface area (TPSA) is 51.8 Å². The fraction of sp³-hybridized carbons (Fsp3) is 0.250. The van der Waals surface area contributed by atoms with Crippen LogP contribution in [0.5, 0.6) is 0 Å². The van der Waals surface area contributed by atoms with Gasteiger partial charge < -0.3 is 5.73 Å². The molecule has 2 N–H and O–H groups in total. The lowest BCUT2D eigenvalue weighted by molar-refractivity contribution is 1.04. The van der Waals surface area contributed by atoms with Crippen molar-refractivity contribution in [2.45, 2.75) is 13.3 Å². The first kappa shape index (κ1) is 6.34.